The summed E-state index contributed by atoms with van der Waals surface area (Å²) in [7, 11) is 0. The van der Waals surface area contributed by atoms with Crippen molar-refractivity contribution in [2.75, 3.05) is 19.8 Å². The zero-order valence-corrected chi connectivity index (χ0v) is 11.8. The summed E-state index contributed by atoms with van der Waals surface area (Å²) in [6, 6.07) is 16.0. The van der Waals surface area contributed by atoms with Gasteiger partial charge in [-0.25, -0.2) is 0 Å². The van der Waals surface area contributed by atoms with Gasteiger partial charge >= 0.3 is 0 Å². The predicted octanol–water partition coefficient (Wildman–Crippen LogP) is 3.25. The van der Waals surface area contributed by atoms with Crippen molar-refractivity contribution in [3.8, 4) is 22.6 Å². The van der Waals surface area contributed by atoms with Gasteiger partial charge in [0, 0.05) is 0 Å². The van der Waals surface area contributed by atoms with E-state index in [9.17, 15) is 0 Å². The lowest BCUT2D eigenvalue weighted by Crippen LogP contribution is -2.01. The van der Waals surface area contributed by atoms with Crippen LogP contribution >= 0.6 is 0 Å². The van der Waals surface area contributed by atoms with Crippen LogP contribution < -0.4 is 9.47 Å². The highest BCUT2D eigenvalue weighted by Gasteiger charge is 2.00. The first kappa shape index (κ1) is 14.4. The van der Waals surface area contributed by atoms with Crippen molar-refractivity contribution in [2.24, 2.45) is 0 Å². The van der Waals surface area contributed by atoms with Crippen molar-refractivity contribution in [3.63, 3.8) is 0 Å². The Hall–Kier alpha value is -2.00. The second-order valence-electron chi connectivity index (χ2n) is 4.50. The zero-order chi connectivity index (χ0) is 14.2. The first-order valence-corrected chi connectivity index (χ1v) is 6.94. The Kier molecular flexibility index (Phi) is 5.44. The van der Waals surface area contributed by atoms with Crippen molar-refractivity contribution in [1.29, 1.82) is 0 Å². The Labute approximate surface area is 119 Å². The van der Waals surface area contributed by atoms with Gasteiger partial charge in [0.2, 0.25) is 0 Å². The molecule has 0 aromatic heterocycles. The highest BCUT2D eigenvalue weighted by molar-refractivity contribution is 5.64. The van der Waals surface area contributed by atoms with E-state index in [-0.39, 0.29) is 6.61 Å². The minimum absolute atomic E-state index is 0.279. The number of hydrogen-bond donors (Lipinski definition) is 0. The van der Waals surface area contributed by atoms with E-state index in [1.165, 1.54) is 0 Å². The van der Waals surface area contributed by atoms with Crippen molar-refractivity contribution in [2.45, 2.75) is 13.3 Å². The van der Waals surface area contributed by atoms with Gasteiger partial charge in [-0.3, -0.25) is 0 Å². The molecule has 20 heavy (non-hydrogen) atoms. The molecule has 0 heterocycles. The fraction of sp³-hybridized carbons (Fsp3) is 0.294. The zero-order valence-electron chi connectivity index (χ0n) is 11.8. The first-order chi connectivity index (χ1) is 9.83. The molecule has 2 N–H and O–H groups in total. The first-order valence-electron chi connectivity index (χ1n) is 6.94. The molecule has 106 valence electrons. The van der Waals surface area contributed by atoms with E-state index in [0.717, 1.165) is 35.7 Å². The molecular weight excluding hydrogens is 252 g/mol. The molecule has 0 saturated carbocycles. The lowest BCUT2D eigenvalue weighted by molar-refractivity contribution is 0.201. The molecule has 2 aromatic carbocycles. The topological polar surface area (TPSA) is 41.4 Å². The lowest BCUT2D eigenvalue weighted by atomic mass is 10.1. The van der Waals surface area contributed by atoms with E-state index in [2.05, 4.69) is 19.1 Å². The standard InChI is InChI=1S/C17H20O3/c1-2-12-19-16-7-3-14(4-8-16)15-5-9-17(10-6-15)20-13-11-18/h3-10,18H,2,11-13H2,1H3/p+1. The maximum Gasteiger partial charge on any atom is 0.178 e. The van der Waals surface area contributed by atoms with E-state index < -0.39 is 0 Å². The highest BCUT2D eigenvalue weighted by atomic mass is 16.5. The van der Waals surface area contributed by atoms with Gasteiger partial charge in [0.25, 0.3) is 0 Å². The van der Waals surface area contributed by atoms with Crippen molar-refractivity contribution in [1.82, 2.24) is 0 Å². The number of hydrogen-bond acceptors (Lipinski definition) is 2. The molecule has 0 atom stereocenters. The SMILES string of the molecule is CCCOc1ccc(-c2ccc(OCC[OH2+])cc2)cc1. The second kappa shape index (κ2) is 7.56. The van der Waals surface area contributed by atoms with Gasteiger partial charge in [-0.1, -0.05) is 31.2 Å². The molecule has 3 heteroatoms. The van der Waals surface area contributed by atoms with Gasteiger partial charge in [-0.15, -0.1) is 0 Å². The van der Waals surface area contributed by atoms with Gasteiger partial charge in [-0.05, 0) is 41.8 Å². The molecule has 0 unspecified atom stereocenters. The van der Waals surface area contributed by atoms with Gasteiger partial charge in [0.05, 0.1) is 6.61 Å². The molecule has 0 bridgehead atoms. The van der Waals surface area contributed by atoms with Gasteiger partial charge in [-0.2, -0.15) is 0 Å². The normalized spacial score (nSPS) is 10.3. The molecule has 2 aromatic rings. The molecule has 2 rings (SSSR count). The van der Waals surface area contributed by atoms with Crippen LogP contribution in [0.4, 0.5) is 0 Å². The second-order valence-corrected chi connectivity index (χ2v) is 4.50. The van der Waals surface area contributed by atoms with Crippen molar-refractivity contribution in [3.05, 3.63) is 48.5 Å². The molecule has 0 aliphatic heterocycles. The smallest absolute Gasteiger partial charge is 0.178 e. The maximum atomic E-state index is 7.06. The minimum atomic E-state index is 0.279. The molecule has 3 nitrogen and oxygen atoms in total. The molecule has 0 saturated heterocycles. The summed E-state index contributed by atoms with van der Waals surface area (Å²) in [5.74, 6) is 1.72. The minimum Gasteiger partial charge on any atom is -0.494 e. The number of rotatable bonds is 7. The van der Waals surface area contributed by atoms with Gasteiger partial charge in [0.1, 0.15) is 11.5 Å². The third-order valence-corrected chi connectivity index (χ3v) is 2.89. The van der Waals surface area contributed by atoms with E-state index in [0.29, 0.717) is 6.61 Å². The van der Waals surface area contributed by atoms with Crippen LogP contribution in [0.1, 0.15) is 13.3 Å². The summed E-state index contributed by atoms with van der Waals surface area (Å²) in [6.07, 6.45) is 1.02. The van der Waals surface area contributed by atoms with Gasteiger partial charge in [0.15, 0.2) is 13.2 Å². The average Bonchev–Trinajstić information content (AvgIpc) is 2.52. The van der Waals surface area contributed by atoms with Crippen LogP contribution in [0, 0.1) is 0 Å². The summed E-state index contributed by atoms with van der Waals surface area (Å²) in [5, 5.41) is 7.06. The number of benzene rings is 2. The van der Waals surface area contributed by atoms with Gasteiger partial charge < -0.3 is 14.6 Å². The average molecular weight is 273 g/mol. The van der Waals surface area contributed by atoms with Crippen LogP contribution in [-0.4, -0.2) is 24.9 Å². The Bertz CT molecular complexity index is 453. The van der Waals surface area contributed by atoms with Crippen LogP contribution in [0.2, 0.25) is 0 Å². The Morgan fingerprint density at radius 2 is 1.20 bits per heavy atom. The van der Waals surface area contributed by atoms with E-state index >= 15 is 0 Å². The Balaban J connectivity index is 2.03. The van der Waals surface area contributed by atoms with Crippen molar-refractivity contribution >= 4 is 0 Å². The van der Waals surface area contributed by atoms with Crippen LogP contribution in [0.3, 0.4) is 0 Å². The lowest BCUT2D eigenvalue weighted by Gasteiger charge is -2.07. The summed E-state index contributed by atoms with van der Waals surface area (Å²) in [6.45, 7) is 3.56. The maximum absolute atomic E-state index is 7.06. The van der Waals surface area contributed by atoms with E-state index in [4.69, 9.17) is 14.6 Å². The summed E-state index contributed by atoms with van der Waals surface area (Å²) in [5.41, 5.74) is 2.30. The fourth-order valence-electron chi connectivity index (χ4n) is 1.88. The summed E-state index contributed by atoms with van der Waals surface area (Å²) >= 11 is 0. The Morgan fingerprint density at radius 3 is 1.60 bits per heavy atom. The predicted molar refractivity (Wildman–Crippen MR) is 81.6 cm³/mol. The van der Waals surface area contributed by atoms with Crippen LogP contribution in [0.5, 0.6) is 11.5 Å². The van der Waals surface area contributed by atoms with Crippen LogP contribution in [0.25, 0.3) is 11.1 Å². The molecule has 0 amide bonds. The Morgan fingerprint density at radius 1 is 0.750 bits per heavy atom. The molecule has 0 fully saturated rings. The molecule has 0 aliphatic carbocycles. The monoisotopic (exact) mass is 273 g/mol. The highest BCUT2D eigenvalue weighted by Crippen LogP contribution is 2.24. The molecular formula is C17H21O3+. The molecule has 0 spiro atoms. The largest absolute Gasteiger partial charge is 0.494 e. The molecule has 0 aliphatic rings. The summed E-state index contributed by atoms with van der Waals surface area (Å²) in [4.78, 5) is 0. The van der Waals surface area contributed by atoms with Crippen LogP contribution in [0.15, 0.2) is 48.5 Å². The third kappa shape index (κ3) is 4.00. The third-order valence-electron chi connectivity index (χ3n) is 2.89. The number of ether oxygens (including phenoxy) is 2. The fourth-order valence-corrected chi connectivity index (χ4v) is 1.88. The van der Waals surface area contributed by atoms with E-state index in [1.807, 2.05) is 36.4 Å². The van der Waals surface area contributed by atoms with Crippen LogP contribution in [-0.2, 0) is 0 Å². The molecule has 0 radical (unpaired) electrons. The van der Waals surface area contributed by atoms with E-state index in [1.54, 1.807) is 0 Å². The van der Waals surface area contributed by atoms with Crippen molar-refractivity contribution < 1.29 is 14.6 Å². The summed E-state index contributed by atoms with van der Waals surface area (Å²) < 4.78 is 11.0. The quantitative estimate of drug-likeness (QED) is 0.727.